The van der Waals surface area contributed by atoms with Gasteiger partial charge in [0.1, 0.15) is 0 Å². The van der Waals surface area contributed by atoms with Gasteiger partial charge in [-0.2, -0.15) is 0 Å². The molecule has 0 amide bonds. The average Bonchev–Trinajstić information content (AvgIpc) is 2.86. The van der Waals surface area contributed by atoms with Crippen molar-refractivity contribution in [1.82, 2.24) is 0 Å². The second-order valence-electron chi connectivity index (χ2n) is 12.2. The van der Waals surface area contributed by atoms with Gasteiger partial charge < -0.3 is 4.43 Å². The summed E-state index contributed by atoms with van der Waals surface area (Å²) in [6, 6.07) is 0.728. The molecule has 0 spiro atoms. The van der Waals surface area contributed by atoms with Crippen LogP contribution in [0.1, 0.15) is 98.8 Å². The third kappa shape index (κ3) is 13.2. The first-order valence-electron chi connectivity index (χ1n) is 14.8. The Morgan fingerprint density at radius 2 is 1.16 bits per heavy atom. The predicted molar refractivity (Wildman–Crippen MR) is 177 cm³/mol. The molecule has 3 nitrogen and oxygen atoms in total. The van der Waals surface area contributed by atoms with Crippen LogP contribution in [0.25, 0.3) is 0 Å². The molecule has 2 aliphatic rings. The molecule has 2 rings (SSSR count). The molecule has 2 saturated carbocycles. The molecule has 228 valence electrons. The van der Waals surface area contributed by atoms with Gasteiger partial charge in [-0.1, -0.05) is 53.4 Å². The maximum absolute atomic E-state index is 6.68. The van der Waals surface area contributed by atoms with Crippen LogP contribution < -0.4 is 0 Å². The Balaban J connectivity index is 0.00000229. The molecule has 0 heterocycles. The van der Waals surface area contributed by atoms with Crippen molar-refractivity contribution in [3.63, 3.8) is 0 Å². The summed E-state index contributed by atoms with van der Waals surface area (Å²) in [4.78, 5) is 11.0. The van der Waals surface area contributed by atoms with Gasteiger partial charge in [0, 0.05) is 17.4 Å². The van der Waals surface area contributed by atoms with Crippen LogP contribution in [0, 0.1) is 23.7 Å². The fraction of sp³-hybridized carbons (Fsp3) is 0.931. The van der Waals surface area contributed by atoms with Crippen molar-refractivity contribution in [2.24, 2.45) is 33.7 Å². The predicted octanol–water partition coefficient (Wildman–Crippen LogP) is 10.9. The standard InChI is InChI=1S/C29H54Cl2N2OSi.2BrH.Ni/c1-9-21-16-25(30)17-22(10-2)28(21)32-20(5)27(14-13-15-34-35(6,7)8)33-29-23(11-3)18-26(31)19-24(29)12-4;;;/h21-26,28-29H,9-19H2,1-8H3;2*1H;/q;;;+2/p-2. The van der Waals surface area contributed by atoms with Crippen molar-refractivity contribution < 1.29 is 15.3 Å². The molecule has 4 atom stereocenters. The maximum atomic E-state index is 6.68. The number of halogens is 4. The third-order valence-electron chi connectivity index (χ3n) is 8.42. The number of rotatable bonds is 12. The molecule has 2 fully saturated rings. The van der Waals surface area contributed by atoms with E-state index in [1.54, 1.807) is 0 Å². The van der Waals surface area contributed by atoms with E-state index >= 15 is 0 Å². The Morgan fingerprint density at radius 3 is 1.50 bits per heavy atom. The van der Waals surface area contributed by atoms with Gasteiger partial charge in [-0.25, -0.2) is 0 Å². The van der Waals surface area contributed by atoms with Crippen LogP contribution in [0.2, 0.25) is 19.6 Å². The van der Waals surface area contributed by atoms with Gasteiger partial charge in [-0.05, 0) is 88.8 Å². The minimum atomic E-state index is -1.51. The van der Waals surface area contributed by atoms with Gasteiger partial charge in [0.15, 0.2) is 8.32 Å². The van der Waals surface area contributed by atoms with Crippen molar-refractivity contribution in [3.8, 4) is 0 Å². The van der Waals surface area contributed by atoms with E-state index in [0.717, 1.165) is 76.5 Å². The van der Waals surface area contributed by atoms with Crippen LogP contribution in [-0.2, 0) is 15.3 Å². The monoisotopic (exact) mass is 760 g/mol. The van der Waals surface area contributed by atoms with Crippen molar-refractivity contribution >= 4 is 71.4 Å². The Labute approximate surface area is 266 Å². The molecule has 0 aromatic rings. The molecule has 0 saturated heterocycles. The van der Waals surface area contributed by atoms with Crippen molar-refractivity contribution in [1.29, 1.82) is 0 Å². The van der Waals surface area contributed by atoms with Crippen molar-refractivity contribution in [3.05, 3.63) is 0 Å². The first-order chi connectivity index (χ1) is 17.9. The first kappa shape index (κ1) is 37.6. The Morgan fingerprint density at radius 1 is 0.789 bits per heavy atom. The van der Waals surface area contributed by atoms with E-state index in [4.69, 9.17) is 37.6 Å². The van der Waals surface area contributed by atoms with Crippen molar-refractivity contribution in [2.75, 3.05) is 6.61 Å². The molecule has 9 heteroatoms. The van der Waals surface area contributed by atoms with E-state index in [2.05, 4.69) is 82.7 Å². The molecule has 0 N–H and O–H groups in total. The second-order valence-corrected chi connectivity index (χ2v) is 22.9. The van der Waals surface area contributed by atoms with E-state index in [9.17, 15) is 0 Å². The molecule has 0 radical (unpaired) electrons. The Kier molecular flexibility index (Phi) is 19.5. The molecule has 0 aromatic carbocycles. The van der Waals surface area contributed by atoms with E-state index in [0.29, 0.717) is 46.5 Å². The summed E-state index contributed by atoms with van der Waals surface area (Å²) in [7, 11) is -0.257. The summed E-state index contributed by atoms with van der Waals surface area (Å²) < 4.78 is 6.19. The number of hydrogen-bond acceptors (Lipinski definition) is 3. The number of hydrogen-bond donors (Lipinski definition) is 0. The van der Waals surface area contributed by atoms with Crippen molar-refractivity contribution in [2.45, 2.75) is 141 Å². The fourth-order valence-corrected chi connectivity index (χ4v) is 8.00. The molecule has 0 aromatic heterocycles. The normalized spacial score (nSPS) is 33.2. The minimum absolute atomic E-state index is 0.293. The Hall–Kier alpha value is 1.55. The molecule has 4 unspecified atom stereocenters. The molecular formula is C29H54Br2Cl2N2NiOSi. The molecule has 0 aliphatic heterocycles. The zero-order chi connectivity index (χ0) is 28.9. The SMILES string of the molecule is CCC1CC(Cl)CC(CC)C1N=C(C)C(CCCO[Si](C)(C)C)=NC1C(CC)CC(Cl)CC1CC.[Br][Ni][Br]. The summed E-state index contributed by atoms with van der Waals surface area (Å²) in [5.41, 5.74) is 2.38. The summed E-state index contributed by atoms with van der Waals surface area (Å²) in [6.07, 6.45) is 10.9. The zero-order valence-corrected chi connectivity index (χ0v) is 31.7. The van der Waals surface area contributed by atoms with Crippen LogP contribution in [-0.4, -0.2) is 49.2 Å². The third-order valence-corrected chi connectivity index (χ3v) is 10.2. The summed E-state index contributed by atoms with van der Waals surface area (Å²) in [6.45, 7) is 19.0. The van der Waals surface area contributed by atoms with Crippen LogP contribution in [0.15, 0.2) is 9.98 Å². The molecule has 38 heavy (non-hydrogen) atoms. The number of nitrogens with zero attached hydrogens (tertiary/aromatic N) is 2. The van der Waals surface area contributed by atoms with Gasteiger partial charge in [0.2, 0.25) is 0 Å². The molecule has 2 aliphatic carbocycles. The second kappa shape index (κ2) is 19.7. The van der Waals surface area contributed by atoms with Crippen LogP contribution >= 0.6 is 51.7 Å². The van der Waals surface area contributed by atoms with E-state index in [1.165, 1.54) is 16.6 Å². The van der Waals surface area contributed by atoms with Crippen LogP contribution in [0.4, 0.5) is 0 Å². The quantitative estimate of drug-likeness (QED) is 0.0844. The number of alkyl halides is 2. The average molecular weight is 764 g/mol. The van der Waals surface area contributed by atoms with E-state index in [-0.39, 0.29) is 0 Å². The summed E-state index contributed by atoms with van der Waals surface area (Å²) >= 11 is 19.3. The topological polar surface area (TPSA) is 34.0 Å². The van der Waals surface area contributed by atoms with Gasteiger partial charge >= 0.3 is 39.3 Å². The van der Waals surface area contributed by atoms with E-state index in [1.807, 2.05) is 0 Å². The van der Waals surface area contributed by atoms with Crippen LogP contribution in [0.3, 0.4) is 0 Å². The van der Waals surface area contributed by atoms with E-state index < -0.39 is 8.32 Å². The van der Waals surface area contributed by atoms with Crippen LogP contribution in [0.5, 0.6) is 0 Å². The Bertz CT molecular complexity index is 697. The number of aliphatic imine (C=N–C) groups is 2. The van der Waals surface area contributed by atoms with Gasteiger partial charge in [-0.15, -0.1) is 23.2 Å². The van der Waals surface area contributed by atoms with Gasteiger partial charge in [0.05, 0.1) is 23.5 Å². The molecular weight excluding hydrogens is 710 g/mol. The summed E-state index contributed by atoms with van der Waals surface area (Å²) in [5.74, 6) is 2.27. The van der Waals surface area contributed by atoms with Gasteiger partial charge in [0.25, 0.3) is 0 Å². The first-order valence-corrected chi connectivity index (χ1v) is 24.0. The summed E-state index contributed by atoms with van der Waals surface area (Å²) in [5, 5.41) is 0.589. The molecule has 0 bridgehead atoms. The fourth-order valence-electron chi connectivity index (χ4n) is 6.32. The zero-order valence-electron chi connectivity index (χ0n) is 25.0. The van der Waals surface area contributed by atoms with Gasteiger partial charge in [-0.3, -0.25) is 9.98 Å².